The molecule has 19 heavy (non-hydrogen) atoms. The van der Waals surface area contributed by atoms with Gasteiger partial charge in [0.1, 0.15) is 0 Å². The first-order chi connectivity index (χ1) is 8.52. The van der Waals surface area contributed by atoms with Gasteiger partial charge in [-0.2, -0.15) is 11.8 Å². The van der Waals surface area contributed by atoms with Crippen LogP contribution < -0.4 is 11.1 Å². The molecule has 0 aromatic carbocycles. The van der Waals surface area contributed by atoms with Gasteiger partial charge in [0, 0.05) is 22.2 Å². The maximum Gasteiger partial charge on any atom is 0.237 e. The number of halogens is 1. The Balaban J connectivity index is 0.00000324. The predicted molar refractivity (Wildman–Crippen MR) is 88.6 cm³/mol. The highest BCUT2D eigenvalue weighted by molar-refractivity contribution is 7.98. The summed E-state index contributed by atoms with van der Waals surface area (Å²) >= 11 is 3.49. The zero-order valence-corrected chi connectivity index (χ0v) is 14.1. The number of amides is 1. The van der Waals surface area contributed by atoms with E-state index in [0.29, 0.717) is 0 Å². The van der Waals surface area contributed by atoms with Crippen molar-refractivity contribution in [3.63, 3.8) is 0 Å². The Hall–Kier alpha value is -0.230. The standard InChI is InChI=1S/C13H22N2OS2.ClH/c1-9(8-11-5-4-10(2)18-11)15-13(16)12(14)6-7-17-3;/h4-5,9,12H,6-8,14H2,1-3H3,(H,15,16);1H/t9?,12-;/m0./s1. The molecule has 2 atom stereocenters. The number of nitrogens with one attached hydrogen (secondary N) is 1. The Labute approximate surface area is 130 Å². The summed E-state index contributed by atoms with van der Waals surface area (Å²) in [6, 6.07) is 3.98. The average molecular weight is 323 g/mol. The van der Waals surface area contributed by atoms with Gasteiger partial charge in [-0.1, -0.05) is 0 Å². The zero-order valence-electron chi connectivity index (χ0n) is 11.6. The monoisotopic (exact) mass is 322 g/mol. The van der Waals surface area contributed by atoms with E-state index in [-0.39, 0.29) is 30.4 Å². The van der Waals surface area contributed by atoms with Crippen molar-refractivity contribution in [2.45, 2.75) is 38.8 Å². The van der Waals surface area contributed by atoms with E-state index in [1.54, 1.807) is 23.1 Å². The summed E-state index contributed by atoms with van der Waals surface area (Å²) < 4.78 is 0. The van der Waals surface area contributed by atoms with Gasteiger partial charge < -0.3 is 11.1 Å². The van der Waals surface area contributed by atoms with Crippen LogP contribution in [-0.2, 0) is 11.2 Å². The largest absolute Gasteiger partial charge is 0.352 e. The maximum absolute atomic E-state index is 11.8. The molecule has 0 aliphatic rings. The number of aryl methyl sites for hydroxylation is 1. The molecular formula is C13H23ClN2OS2. The SMILES string of the molecule is CSCC[C@H](N)C(=O)NC(C)Cc1ccc(C)s1.Cl. The van der Waals surface area contributed by atoms with Crippen LogP contribution in [0.2, 0.25) is 0 Å². The quantitative estimate of drug-likeness (QED) is 0.811. The van der Waals surface area contributed by atoms with Crippen LogP contribution in [0.15, 0.2) is 12.1 Å². The summed E-state index contributed by atoms with van der Waals surface area (Å²) in [5.74, 6) is 0.887. The first-order valence-corrected chi connectivity index (χ1v) is 8.34. The van der Waals surface area contributed by atoms with E-state index in [4.69, 9.17) is 5.73 Å². The molecule has 6 heteroatoms. The molecular weight excluding hydrogens is 300 g/mol. The van der Waals surface area contributed by atoms with E-state index in [1.165, 1.54) is 9.75 Å². The number of hydrogen-bond acceptors (Lipinski definition) is 4. The number of carbonyl (C=O) groups is 1. The Morgan fingerprint density at radius 2 is 2.21 bits per heavy atom. The van der Waals surface area contributed by atoms with Crippen molar-refractivity contribution in [2.24, 2.45) is 5.73 Å². The second-order valence-electron chi connectivity index (χ2n) is 4.51. The number of thiophene rings is 1. The minimum Gasteiger partial charge on any atom is -0.352 e. The van der Waals surface area contributed by atoms with Crippen molar-refractivity contribution >= 4 is 41.4 Å². The van der Waals surface area contributed by atoms with E-state index in [1.807, 2.05) is 13.2 Å². The van der Waals surface area contributed by atoms with Crippen LogP contribution in [0.3, 0.4) is 0 Å². The van der Waals surface area contributed by atoms with Crippen molar-refractivity contribution in [2.75, 3.05) is 12.0 Å². The molecule has 0 saturated carbocycles. The third-order valence-electron chi connectivity index (χ3n) is 2.66. The molecule has 3 nitrogen and oxygen atoms in total. The molecule has 1 unspecified atom stereocenters. The van der Waals surface area contributed by atoms with Crippen molar-refractivity contribution < 1.29 is 4.79 Å². The Morgan fingerprint density at radius 1 is 1.53 bits per heavy atom. The van der Waals surface area contributed by atoms with Crippen LogP contribution in [0.1, 0.15) is 23.1 Å². The number of nitrogens with two attached hydrogens (primary N) is 1. The van der Waals surface area contributed by atoms with Crippen molar-refractivity contribution in [1.82, 2.24) is 5.32 Å². The fraction of sp³-hybridized carbons (Fsp3) is 0.615. The molecule has 1 aromatic rings. The molecule has 1 heterocycles. The normalized spacial score (nSPS) is 13.5. The summed E-state index contributed by atoms with van der Waals surface area (Å²) in [5, 5.41) is 2.98. The molecule has 0 aliphatic carbocycles. The molecule has 0 aliphatic heterocycles. The maximum atomic E-state index is 11.8. The van der Waals surface area contributed by atoms with Crippen molar-refractivity contribution in [1.29, 1.82) is 0 Å². The van der Waals surface area contributed by atoms with Crippen molar-refractivity contribution in [3.8, 4) is 0 Å². The third-order valence-corrected chi connectivity index (χ3v) is 4.33. The van der Waals surface area contributed by atoms with Crippen LogP contribution in [0.4, 0.5) is 0 Å². The number of thioether (sulfide) groups is 1. The number of hydrogen-bond donors (Lipinski definition) is 2. The fourth-order valence-electron chi connectivity index (χ4n) is 1.67. The van der Waals surface area contributed by atoms with Crippen molar-refractivity contribution in [3.05, 3.63) is 21.9 Å². The molecule has 0 fully saturated rings. The molecule has 110 valence electrons. The lowest BCUT2D eigenvalue weighted by Gasteiger charge is -2.16. The van der Waals surface area contributed by atoms with Crippen LogP contribution in [-0.4, -0.2) is 30.0 Å². The molecule has 3 N–H and O–H groups in total. The summed E-state index contributed by atoms with van der Waals surface area (Å²) in [4.78, 5) is 14.4. The van der Waals surface area contributed by atoms with E-state index >= 15 is 0 Å². The van der Waals surface area contributed by atoms with E-state index in [2.05, 4.69) is 24.4 Å². The van der Waals surface area contributed by atoms with Crippen LogP contribution in [0.25, 0.3) is 0 Å². The number of carbonyl (C=O) groups excluding carboxylic acids is 1. The predicted octanol–water partition coefficient (Wildman–Crippen LogP) is 2.61. The van der Waals surface area contributed by atoms with Gasteiger partial charge in [0.25, 0.3) is 0 Å². The second-order valence-corrected chi connectivity index (χ2v) is 6.87. The summed E-state index contributed by atoms with van der Waals surface area (Å²) in [7, 11) is 0. The van der Waals surface area contributed by atoms with Gasteiger partial charge >= 0.3 is 0 Å². The lowest BCUT2D eigenvalue weighted by Crippen LogP contribution is -2.45. The topological polar surface area (TPSA) is 55.1 Å². The molecule has 0 radical (unpaired) electrons. The van der Waals surface area contributed by atoms with Gasteiger partial charge in [-0.3, -0.25) is 4.79 Å². The summed E-state index contributed by atoms with van der Waals surface area (Å²) in [6.07, 6.45) is 3.63. The molecule has 1 aromatic heterocycles. The summed E-state index contributed by atoms with van der Waals surface area (Å²) in [6.45, 7) is 4.12. The number of rotatable bonds is 7. The van der Waals surface area contributed by atoms with E-state index in [9.17, 15) is 4.79 Å². The van der Waals surface area contributed by atoms with E-state index < -0.39 is 0 Å². The van der Waals surface area contributed by atoms with Crippen LogP contribution in [0, 0.1) is 6.92 Å². The molecule has 0 spiro atoms. The molecule has 1 amide bonds. The lowest BCUT2D eigenvalue weighted by atomic mass is 10.1. The van der Waals surface area contributed by atoms with E-state index in [0.717, 1.165) is 18.6 Å². The minimum atomic E-state index is -0.384. The molecule has 1 rings (SSSR count). The highest BCUT2D eigenvalue weighted by Crippen LogP contribution is 2.16. The Kier molecular flexibility index (Phi) is 9.52. The van der Waals surface area contributed by atoms with Gasteiger partial charge in [-0.15, -0.1) is 23.7 Å². The smallest absolute Gasteiger partial charge is 0.237 e. The van der Waals surface area contributed by atoms with Gasteiger partial charge in [0.05, 0.1) is 6.04 Å². The third kappa shape index (κ3) is 7.20. The average Bonchev–Trinajstić information content (AvgIpc) is 2.71. The zero-order chi connectivity index (χ0) is 13.5. The highest BCUT2D eigenvalue weighted by atomic mass is 35.5. The first-order valence-electron chi connectivity index (χ1n) is 6.13. The Bertz CT molecular complexity index is 384. The molecule has 0 saturated heterocycles. The van der Waals surface area contributed by atoms with Gasteiger partial charge in [-0.05, 0) is 44.4 Å². The second kappa shape index (κ2) is 9.64. The van der Waals surface area contributed by atoms with Gasteiger partial charge in [-0.25, -0.2) is 0 Å². The van der Waals surface area contributed by atoms with Gasteiger partial charge in [0.2, 0.25) is 5.91 Å². The van der Waals surface area contributed by atoms with Crippen LogP contribution in [0.5, 0.6) is 0 Å². The Morgan fingerprint density at radius 3 is 2.74 bits per heavy atom. The fourth-order valence-corrected chi connectivity index (χ4v) is 3.18. The lowest BCUT2D eigenvalue weighted by molar-refractivity contribution is -0.122. The minimum absolute atomic E-state index is 0. The molecule has 0 bridgehead atoms. The first kappa shape index (κ1) is 18.8. The van der Waals surface area contributed by atoms with Gasteiger partial charge in [0.15, 0.2) is 0 Å². The highest BCUT2D eigenvalue weighted by Gasteiger charge is 2.15. The summed E-state index contributed by atoms with van der Waals surface area (Å²) in [5.41, 5.74) is 5.83. The van der Waals surface area contributed by atoms with Crippen LogP contribution >= 0.6 is 35.5 Å².